The van der Waals surface area contributed by atoms with Crippen LogP contribution in [-0.4, -0.2) is 33.8 Å². The topological polar surface area (TPSA) is 107 Å². The number of hydrogen-bond acceptors (Lipinski definition) is 4. The molecule has 0 spiro atoms. The van der Waals surface area contributed by atoms with Crippen LogP contribution in [0.1, 0.15) is 36.7 Å². The molecule has 0 aliphatic rings. The number of carbonyl (C=O) groups is 1. The highest BCUT2D eigenvalue weighted by Gasteiger charge is 2.16. The van der Waals surface area contributed by atoms with Crippen LogP contribution in [0.25, 0.3) is 0 Å². The highest BCUT2D eigenvalue weighted by Crippen LogP contribution is 2.39. The van der Waals surface area contributed by atoms with Crippen molar-refractivity contribution >= 4 is 13.4 Å². The maximum Gasteiger partial charge on any atom is 0.329 e. The summed E-state index contributed by atoms with van der Waals surface area (Å²) < 4.78 is 10.7. The van der Waals surface area contributed by atoms with Crippen molar-refractivity contribution < 1.29 is 24.3 Å². The second-order valence-electron chi connectivity index (χ2n) is 4.19. The van der Waals surface area contributed by atoms with Crippen LogP contribution in [0.15, 0.2) is 18.2 Å². The summed E-state index contributed by atoms with van der Waals surface area (Å²) in [6.07, 6.45) is -0.437. The lowest BCUT2D eigenvalue weighted by Gasteiger charge is -2.06. The van der Waals surface area contributed by atoms with Crippen molar-refractivity contribution in [2.75, 3.05) is 13.1 Å². The van der Waals surface area contributed by atoms with Crippen molar-refractivity contribution in [2.45, 2.75) is 26.9 Å². The van der Waals surface area contributed by atoms with E-state index in [0.717, 1.165) is 13.1 Å². The van der Waals surface area contributed by atoms with E-state index in [1.54, 1.807) is 0 Å². The molecule has 1 rings (SSSR count). The van der Waals surface area contributed by atoms with E-state index in [9.17, 15) is 14.5 Å². The molecule has 114 valence electrons. The minimum Gasteiger partial charge on any atom is -0.507 e. The van der Waals surface area contributed by atoms with Gasteiger partial charge in [0.2, 0.25) is 0 Å². The van der Waals surface area contributed by atoms with Gasteiger partial charge in [-0.1, -0.05) is 19.9 Å². The molecule has 0 unspecified atom stereocenters. The second-order valence-corrected chi connectivity index (χ2v) is 5.83. The molecule has 1 aromatic carbocycles. The number of benzene rings is 1. The van der Waals surface area contributed by atoms with Crippen LogP contribution >= 0.6 is 7.60 Å². The van der Waals surface area contributed by atoms with Gasteiger partial charge in [0.1, 0.15) is 5.75 Å². The Morgan fingerprint density at radius 1 is 1.25 bits per heavy atom. The maximum absolute atomic E-state index is 11.0. The molecule has 20 heavy (non-hydrogen) atoms. The predicted octanol–water partition coefficient (Wildman–Crippen LogP) is 1.89. The summed E-state index contributed by atoms with van der Waals surface area (Å²) >= 11 is 0. The molecule has 0 saturated heterocycles. The lowest BCUT2D eigenvalue weighted by atomic mass is 10.1. The van der Waals surface area contributed by atoms with Gasteiger partial charge in [0, 0.05) is 0 Å². The predicted molar refractivity (Wildman–Crippen MR) is 78.1 cm³/mol. The molecule has 0 aromatic heterocycles. The minimum atomic E-state index is -4.15. The average molecular weight is 303 g/mol. The number of rotatable bonds is 5. The monoisotopic (exact) mass is 303 g/mol. The number of phenolic OH excluding ortho intramolecular Hbond substituents is 1. The maximum atomic E-state index is 11.0. The lowest BCUT2D eigenvalue weighted by molar-refractivity contribution is 0.101. The van der Waals surface area contributed by atoms with Crippen molar-refractivity contribution in [3.63, 3.8) is 0 Å². The van der Waals surface area contributed by atoms with Crippen molar-refractivity contribution in [1.82, 2.24) is 5.32 Å². The number of ketones is 1. The lowest BCUT2D eigenvalue weighted by Crippen LogP contribution is -2.09. The molecule has 0 amide bonds. The molecule has 0 fully saturated rings. The summed E-state index contributed by atoms with van der Waals surface area (Å²) in [5, 5.41) is 12.4. The van der Waals surface area contributed by atoms with Crippen molar-refractivity contribution in [3.8, 4) is 5.75 Å². The molecule has 0 heterocycles. The van der Waals surface area contributed by atoms with Gasteiger partial charge >= 0.3 is 7.60 Å². The Balaban J connectivity index is 0.000000621. The van der Waals surface area contributed by atoms with Gasteiger partial charge in [0.25, 0.3) is 0 Å². The first-order valence-electron chi connectivity index (χ1n) is 6.29. The van der Waals surface area contributed by atoms with Gasteiger partial charge in [-0.2, -0.15) is 0 Å². The summed E-state index contributed by atoms with van der Waals surface area (Å²) in [4.78, 5) is 28.5. The zero-order valence-electron chi connectivity index (χ0n) is 12.0. The van der Waals surface area contributed by atoms with E-state index < -0.39 is 13.8 Å². The molecule has 6 nitrogen and oxygen atoms in total. The Labute approximate surface area is 119 Å². The first kappa shape index (κ1) is 18.8. The molecule has 0 aliphatic heterocycles. The molecule has 0 bridgehead atoms. The molecule has 0 saturated carbocycles. The van der Waals surface area contributed by atoms with Gasteiger partial charge in [-0.15, -0.1) is 0 Å². The zero-order chi connectivity index (χ0) is 15.8. The van der Waals surface area contributed by atoms with Gasteiger partial charge in [0.05, 0.1) is 11.7 Å². The van der Waals surface area contributed by atoms with E-state index in [1.807, 2.05) is 0 Å². The number of phenols is 1. The van der Waals surface area contributed by atoms with Crippen molar-refractivity contribution in [1.29, 1.82) is 0 Å². The van der Waals surface area contributed by atoms with Gasteiger partial charge in [0.15, 0.2) is 5.78 Å². The van der Waals surface area contributed by atoms with Crippen LogP contribution in [0, 0.1) is 0 Å². The van der Waals surface area contributed by atoms with E-state index in [0.29, 0.717) is 5.56 Å². The first-order chi connectivity index (χ1) is 9.21. The molecule has 7 heteroatoms. The largest absolute Gasteiger partial charge is 0.507 e. The van der Waals surface area contributed by atoms with Gasteiger partial charge in [-0.3, -0.25) is 9.36 Å². The molecular weight excluding hydrogens is 281 g/mol. The van der Waals surface area contributed by atoms with Crippen LogP contribution < -0.4 is 5.32 Å². The summed E-state index contributed by atoms with van der Waals surface area (Å²) in [5.41, 5.74) is 0.396. The molecular formula is C13H22NO5P. The fourth-order valence-electron chi connectivity index (χ4n) is 1.45. The molecule has 0 atom stereocenters. The number of hydrogen-bond donors (Lipinski definition) is 4. The number of aromatic hydroxyl groups is 1. The fraction of sp³-hybridized carbons (Fsp3) is 0.462. The summed E-state index contributed by atoms with van der Waals surface area (Å²) in [6, 6.07) is 3.92. The average Bonchev–Trinajstić information content (AvgIpc) is 2.31. The third kappa shape index (κ3) is 8.07. The standard InChI is InChI=1S/C9H11O5P.C4H11N/c1-6(10)8-4-7(2-3-9(8)11)5-15(12,13)14;1-3-5-4-2/h2-4,11H,5H2,1H3,(H2,12,13,14);5H,3-4H2,1-2H3. The Morgan fingerprint density at radius 2 is 1.80 bits per heavy atom. The number of nitrogens with one attached hydrogen (secondary N) is 1. The fourth-order valence-corrected chi connectivity index (χ4v) is 2.12. The smallest absolute Gasteiger partial charge is 0.329 e. The SMILES string of the molecule is CC(=O)c1cc(CP(=O)(O)O)ccc1O.CCNCC. The Bertz CT molecular complexity index is 482. The van der Waals surface area contributed by atoms with E-state index in [1.165, 1.54) is 25.1 Å². The minimum absolute atomic E-state index is 0.0703. The van der Waals surface area contributed by atoms with E-state index >= 15 is 0 Å². The summed E-state index contributed by atoms with van der Waals surface area (Å²) in [7, 11) is -4.15. The quantitative estimate of drug-likeness (QED) is 0.489. The van der Waals surface area contributed by atoms with Crippen LogP contribution in [0.5, 0.6) is 5.75 Å². The number of Topliss-reactive ketones (excluding diaryl/α,β-unsaturated/α-hetero) is 1. The van der Waals surface area contributed by atoms with Gasteiger partial charge in [-0.25, -0.2) is 0 Å². The van der Waals surface area contributed by atoms with Crippen LogP contribution in [0.4, 0.5) is 0 Å². The van der Waals surface area contributed by atoms with E-state index in [-0.39, 0.29) is 17.1 Å². The third-order valence-corrected chi connectivity index (χ3v) is 3.11. The highest BCUT2D eigenvalue weighted by atomic mass is 31.2. The normalized spacial score (nSPS) is 10.7. The second kappa shape index (κ2) is 8.87. The molecule has 0 radical (unpaired) electrons. The highest BCUT2D eigenvalue weighted by molar-refractivity contribution is 7.50. The third-order valence-electron chi connectivity index (χ3n) is 2.33. The van der Waals surface area contributed by atoms with Crippen molar-refractivity contribution in [2.24, 2.45) is 0 Å². The number of carbonyl (C=O) groups excluding carboxylic acids is 1. The van der Waals surface area contributed by atoms with Gasteiger partial charge < -0.3 is 20.2 Å². The van der Waals surface area contributed by atoms with Crippen LogP contribution in [-0.2, 0) is 10.7 Å². The van der Waals surface area contributed by atoms with Crippen LogP contribution in [0.2, 0.25) is 0 Å². The Kier molecular flexibility index (Phi) is 8.34. The van der Waals surface area contributed by atoms with Gasteiger partial charge in [-0.05, 0) is 37.7 Å². The van der Waals surface area contributed by atoms with E-state index in [2.05, 4.69) is 19.2 Å². The van der Waals surface area contributed by atoms with Crippen molar-refractivity contribution in [3.05, 3.63) is 29.3 Å². The molecule has 0 aliphatic carbocycles. The summed E-state index contributed by atoms with van der Waals surface area (Å²) in [6.45, 7) is 7.66. The Hall–Kier alpha value is -1.20. The van der Waals surface area contributed by atoms with Crippen LogP contribution in [0.3, 0.4) is 0 Å². The molecule has 1 aromatic rings. The summed E-state index contributed by atoms with van der Waals surface area (Å²) in [5.74, 6) is -0.531. The zero-order valence-corrected chi connectivity index (χ0v) is 12.9. The first-order valence-corrected chi connectivity index (χ1v) is 8.09. The Morgan fingerprint density at radius 3 is 2.15 bits per heavy atom. The van der Waals surface area contributed by atoms with E-state index in [4.69, 9.17) is 9.79 Å². The molecule has 4 N–H and O–H groups in total.